The summed E-state index contributed by atoms with van der Waals surface area (Å²) >= 11 is 0. The molecule has 0 radical (unpaired) electrons. The van der Waals surface area contributed by atoms with Crippen LogP contribution in [0.25, 0.3) is 0 Å². The van der Waals surface area contributed by atoms with Gasteiger partial charge < -0.3 is 34.7 Å². The smallest absolute Gasteiger partial charge is 0.407 e. The first kappa shape index (κ1) is 23.8. The normalized spacial score (nSPS) is 18.5. The van der Waals surface area contributed by atoms with Gasteiger partial charge in [-0.25, -0.2) is 4.79 Å². The van der Waals surface area contributed by atoms with Gasteiger partial charge in [0.15, 0.2) is 0 Å². The van der Waals surface area contributed by atoms with Gasteiger partial charge in [-0.3, -0.25) is 0 Å². The molecule has 158 valence electrons. The predicted octanol–water partition coefficient (Wildman–Crippen LogP) is 1.63. The molecule has 1 unspecified atom stereocenters. The van der Waals surface area contributed by atoms with Gasteiger partial charge >= 0.3 is 6.09 Å². The van der Waals surface area contributed by atoms with E-state index in [1.165, 1.54) is 0 Å². The Morgan fingerprint density at radius 2 is 1.44 bits per heavy atom. The number of nitrogens with two attached hydrogens (primary N) is 1. The van der Waals surface area contributed by atoms with Crippen molar-refractivity contribution in [3.05, 3.63) is 12.2 Å². The highest BCUT2D eigenvalue weighted by Gasteiger charge is 2.14. The van der Waals surface area contributed by atoms with Crippen molar-refractivity contribution in [3.63, 3.8) is 0 Å². The minimum absolute atomic E-state index is 0.0127. The van der Waals surface area contributed by atoms with Gasteiger partial charge in [0.25, 0.3) is 0 Å². The number of rotatable bonds is 15. The Kier molecular flexibility index (Phi) is 16.1. The number of carbonyl (C=O) groups is 1. The summed E-state index contributed by atoms with van der Waals surface area (Å²) in [5.41, 5.74) is 5.30. The average molecular weight is 389 g/mol. The second-order valence-electron chi connectivity index (χ2n) is 6.17. The van der Waals surface area contributed by atoms with Crippen LogP contribution >= 0.6 is 0 Å². The monoisotopic (exact) mass is 388 g/mol. The molecule has 0 spiro atoms. The molecular formula is C19H36N2O6. The highest BCUT2D eigenvalue weighted by atomic mass is 16.6. The van der Waals surface area contributed by atoms with Crippen LogP contribution in [0.15, 0.2) is 12.2 Å². The van der Waals surface area contributed by atoms with Crippen molar-refractivity contribution >= 4 is 6.09 Å². The summed E-state index contributed by atoms with van der Waals surface area (Å²) in [5.74, 6) is 0. The number of nitrogens with one attached hydrogen (secondary N) is 1. The van der Waals surface area contributed by atoms with E-state index in [0.29, 0.717) is 65.9 Å². The van der Waals surface area contributed by atoms with Crippen LogP contribution in [-0.4, -0.2) is 78.1 Å². The second kappa shape index (κ2) is 18.2. The summed E-state index contributed by atoms with van der Waals surface area (Å²) < 4.78 is 26.8. The molecule has 1 atom stereocenters. The van der Waals surface area contributed by atoms with Crippen molar-refractivity contribution < 1.29 is 28.5 Å². The van der Waals surface area contributed by atoms with Gasteiger partial charge in [0.2, 0.25) is 0 Å². The lowest BCUT2D eigenvalue weighted by atomic mass is 10.0. The van der Waals surface area contributed by atoms with E-state index in [1.54, 1.807) is 0 Å². The Morgan fingerprint density at radius 3 is 2.11 bits per heavy atom. The Morgan fingerprint density at radius 1 is 0.852 bits per heavy atom. The first-order chi connectivity index (χ1) is 13.3. The molecule has 0 saturated heterocycles. The minimum Gasteiger partial charge on any atom is -0.446 e. The van der Waals surface area contributed by atoms with Crippen LogP contribution in [-0.2, 0) is 23.7 Å². The van der Waals surface area contributed by atoms with Crippen LogP contribution in [0.1, 0.15) is 32.1 Å². The Bertz CT molecular complexity index is 381. The summed E-state index contributed by atoms with van der Waals surface area (Å²) in [5, 5.41) is 2.72. The molecule has 1 rings (SSSR count). The number of alkyl carbamates (subject to hydrolysis) is 1. The maximum Gasteiger partial charge on any atom is 0.407 e. The summed E-state index contributed by atoms with van der Waals surface area (Å²) in [6, 6.07) is 0. The fraction of sp³-hybridized carbons (Fsp3) is 0.842. The molecule has 0 fully saturated rings. The Hall–Kier alpha value is -1.19. The lowest BCUT2D eigenvalue weighted by Crippen LogP contribution is -2.31. The zero-order valence-electron chi connectivity index (χ0n) is 16.4. The fourth-order valence-corrected chi connectivity index (χ4v) is 2.51. The zero-order valence-corrected chi connectivity index (χ0v) is 16.4. The van der Waals surface area contributed by atoms with Gasteiger partial charge in [0.1, 0.15) is 6.10 Å². The van der Waals surface area contributed by atoms with Crippen molar-refractivity contribution in [2.24, 2.45) is 5.73 Å². The maximum absolute atomic E-state index is 11.8. The largest absolute Gasteiger partial charge is 0.446 e. The van der Waals surface area contributed by atoms with Gasteiger partial charge in [-0.2, -0.15) is 0 Å². The van der Waals surface area contributed by atoms with Crippen molar-refractivity contribution in [3.8, 4) is 0 Å². The van der Waals surface area contributed by atoms with Crippen molar-refractivity contribution in [2.75, 3.05) is 65.9 Å². The summed E-state index contributed by atoms with van der Waals surface area (Å²) in [6.07, 6.45) is 8.91. The highest BCUT2D eigenvalue weighted by Crippen LogP contribution is 2.15. The first-order valence-electron chi connectivity index (χ1n) is 9.93. The van der Waals surface area contributed by atoms with Crippen molar-refractivity contribution in [1.82, 2.24) is 5.32 Å². The molecule has 0 aromatic rings. The predicted molar refractivity (Wildman–Crippen MR) is 103 cm³/mol. The van der Waals surface area contributed by atoms with E-state index in [9.17, 15) is 4.79 Å². The van der Waals surface area contributed by atoms with Gasteiger partial charge in [-0.1, -0.05) is 12.2 Å². The zero-order chi connectivity index (χ0) is 19.4. The average Bonchev–Trinajstić information content (AvgIpc) is 2.64. The van der Waals surface area contributed by atoms with E-state index in [0.717, 1.165) is 32.1 Å². The van der Waals surface area contributed by atoms with Gasteiger partial charge in [0.05, 0.1) is 52.9 Å². The Labute approximate surface area is 162 Å². The number of allylic oxidation sites excluding steroid dienone is 2. The number of carbonyl (C=O) groups excluding carboxylic acids is 1. The lowest BCUT2D eigenvalue weighted by Gasteiger charge is -2.18. The summed E-state index contributed by atoms with van der Waals surface area (Å²) in [6.45, 7) is 5.04. The standard InChI is InChI=1S/C19H36N2O6/c20-8-10-23-12-14-25-16-17-26-15-13-24-11-9-21-19(22)27-18-6-4-2-1-3-5-7-18/h1-2,18H,3-17,20H2,(H,21,22)/b2-1+. The van der Waals surface area contributed by atoms with Crippen molar-refractivity contribution in [1.29, 1.82) is 0 Å². The van der Waals surface area contributed by atoms with E-state index >= 15 is 0 Å². The summed E-state index contributed by atoms with van der Waals surface area (Å²) in [7, 11) is 0. The molecule has 0 bridgehead atoms. The minimum atomic E-state index is -0.364. The van der Waals surface area contributed by atoms with Crippen LogP contribution in [0.5, 0.6) is 0 Å². The van der Waals surface area contributed by atoms with E-state index in [-0.39, 0.29) is 12.2 Å². The van der Waals surface area contributed by atoms with Crippen LogP contribution < -0.4 is 11.1 Å². The van der Waals surface area contributed by atoms with E-state index in [2.05, 4.69) is 17.5 Å². The number of amides is 1. The van der Waals surface area contributed by atoms with Crippen LogP contribution in [0.2, 0.25) is 0 Å². The number of hydrogen-bond acceptors (Lipinski definition) is 7. The van der Waals surface area contributed by atoms with E-state index < -0.39 is 0 Å². The van der Waals surface area contributed by atoms with Crippen LogP contribution in [0.3, 0.4) is 0 Å². The van der Waals surface area contributed by atoms with Gasteiger partial charge in [-0.15, -0.1) is 0 Å². The molecule has 0 saturated carbocycles. The van der Waals surface area contributed by atoms with Crippen LogP contribution in [0.4, 0.5) is 4.79 Å². The third-order valence-electron chi connectivity index (χ3n) is 3.89. The molecule has 1 aliphatic carbocycles. The maximum atomic E-state index is 11.8. The van der Waals surface area contributed by atoms with Gasteiger partial charge in [0, 0.05) is 13.1 Å². The number of ether oxygens (including phenoxy) is 5. The molecule has 0 aromatic carbocycles. The quantitative estimate of drug-likeness (QED) is 0.325. The highest BCUT2D eigenvalue weighted by molar-refractivity contribution is 5.67. The summed E-state index contributed by atoms with van der Waals surface area (Å²) in [4.78, 5) is 11.8. The molecule has 0 aliphatic heterocycles. The third-order valence-corrected chi connectivity index (χ3v) is 3.89. The molecule has 1 amide bonds. The molecular weight excluding hydrogens is 352 g/mol. The topological polar surface area (TPSA) is 101 Å². The Balaban J connectivity index is 1.81. The molecule has 8 heteroatoms. The first-order valence-corrected chi connectivity index (χ1v) is 9.93. The molecule has 8 nitrogen and oxygen atoms in total. The van der Waals surface area contributed by atoms with E-state index in [1.807, 2.05) is 0 Å². The molecule has 0 aromatic heterocycles. The van der Waals surface area contributed by atoms with Crippen molar-refractivity contribution in [2.45, 2.75) is 38.2 Å². The molecule has 27 heavy (non-hydrogen) atoms. The molecule has 0 heterocycles. The third kappa shape index (κ3) is 15.6. The second-order valence-corrected chi connectivity index (χ2v) is 6.17. The van der Waals surface area contributed by atoms with E-state index in [4.69, 9.17) is 29.4 Å². The van der Waals surface area contributed by atoms with Crippen LogP contribution in [0, 0.1) is 0 Å². The lowest BCUT2D eigenvalue weighted by molar-refractivity contribution is -0.000779. The fourth-order valence-electron chi connectivity index (χ4n) is 2.51. The molecule has 1 aliphatic rings. The number of hydrogen-bond donors (Lipinski definition) is 2. The molecule has 3 N–H and O–H groups in total. The van der Waals surface area contributed by atoms with Gasteiger partial charge in [-0.05, 0) is 32.1 Å². The SMILES string of the molecule is NCCOCCOCCOCCOCCNC(=O)OC1CC/C=C/CCC1.